The van der Waals surface area contributed by atoms with Crippen LogP contribution in [-0.2, 0) is 22.1 Å². The number of carbonyl (C=O) groups is 1. The average Bonchev–Trinajstić information content (AvgIpc) is 2.88. The minimum atomic E-state index is -0.961. The molecule has 0 aliphatic heterocycles. The number of aryl methyl sites for hydroxylation is 1. The van der Waals surface area contributed by atoms with Gasteiger partial charge in [0.05, 0.1) is 10.9 Å². The van der Waals surface area contributed by atoms with E-state index in [1.54, 1.807) is 6.92 Å². The lowest BCUT2D eigenvalue weighted by molar-refractivity contribution is -0.305. The highest BCUT2D eigenvalue weighted by molar-refractivity contribution is 7.97. The first-order valence-corrected chi connectivity index (χ1v) is 14.5. The molecule has 0 saturated carbocycles. The maximum absolute atomic E-state index is 9.49. The van der Waals surface area contributed by atoms with Gasteiger partial charge in [0.1, 0.15) is 0 Å². The molecule has 0 unspecified atom stereocenters. The SMILES string of the molecule is CCCC(=O)[O-].CCCCCCCCCCc1ccc([S+](c2ccccc2)c2ccccc2)cc1. The van der Waals surface area contributed by atoms with E-state index in [0.717, 1.165) is 0 Å². The normalized spacial score (nSPS) is 10.6. The lowest BCUT2D eigenvalue weighted by atomic mass is 10.0. The van der Waals surface area contributed by atoms with E-state index in [-0.39, 0.29) is 17.3 Å². The predicted octanol–water partition coefficient (Wildman–Crippen LogP) is 8.00. The second kappa shape index (κ2) is 17.8. The summed E-state index contributed by atoms with van der Waals surface area (Å²) in [5.41, 5.74) is 1.48. The van der Waals surface area contributed by atoms with Crippen molar-refractivity contribution in [1.29, 1.82) is 0 Å². The molecular formula is C32H42O2S. The third-order valence-corrected chi connectivity index (χ3v) is 8.12. The minimum absolute atomic E-state index is 0.0360. The van der Waals surface area contributed by atoms with E-state index >= 15 is 0 Å². The predicted molar refractivity (Wildman–Crippen MR) is 148 cm³/mol. The number of carboxylic acids is 1. The highest BCUT2D eigenvalue weighted by Crippen LogP contribution is 2.31. The molecule has 0 fully saturated rings. The van der Waals surface area contributed by atoms with E-state index < -0.39 is 5.97 Å². The largest absolute Gasteiger partial charge is 0.550 e. The molecule has 3 aromatic carbocycles. The number of hydrogen-bond donors (Lipinski definition) is 0. The van der Waals surface area contributed by atoms with Crippen molar-refractivity contribution in [2.45, 2.75) is 99.2 Å². The molecule has 0 bridgehead atoms. The summed E-state index contributed by atoms with van der Waals surface area (Å²) < 4.78 is 0. The topological polar surface area (TPSA) is 40.1 Å². The van der Waals surface area contributed by atoms with E-state index in [1.165, 1.54) is 78.0 Å². The maximum Gasteiger partial charge on any atom is 0.166 e. The Morgan fingerprint density at radius 1 is 0.600 bits per heavy atom. The molecule has 35 heavy (non-hydrogen) atoms. The zero-order valence-corrected chi connectivity index (χ0v) is 22.4. The van der Waals surface area contributed by atoms with E-state index in [0.29, 0.717) is 6.42 Å². The van der Waals surface area contributed by atoms with Crippen LogP contribution in [0, 0.1) is 0 Å². The highest BCUT2D eigenvalue weighted by Gasteiger charge is 2.27. The molecule has 0 saturated heterocycles. The van der Waals surface area contributed by atoms with Crippen LogP contribution < -0.4 is 5.11 Å². The van der Waals surface area contributed by atoms with E-state index in [1.807, 2.05) is 0 Å². The van der Waals surface area contributed by atoms with Gasteiger partial charge in [-0.25, -0.2) is 0 Å². The molecule has 0 aliphatic carbocycles. The molecule has 0 radical (unpaired) electrons. The summed E-state index contributed by atoms with van der Waals surface area (Å²) in [6.07, 6.45) is 13.1. The third kappa shape index (κ3) is 11.6. The Hall–Kier alpha value is -2.52. The van der Waals surface area contributed by atoms with Crippen molar-refractivity contribution in [2.24, 2.45) is 0 Å². The minimum Gasteiger partial charge on any atom is -0.550 e. The van der Waals surface area contributed by atoms with Crippen molar-refractivity contribution in [2.75, 3.05) is 0 Å². The van der Waals surface area contributed by atoms with E-state index in [2.05, 4.69) is 91.9 Å². The summed E-state index contributed by atoms with van der Waals surface area (Å²) in [6, 6.07) is 31.2. The van der Waals surface area contributed by atoms with Crippen LogP contribution in [0.15, 0.2) is 99.6 Å². The van der Waals surface area contributed by atoms with Crippen LogP contribution in [0.1, 0.15) is 83.6 Å². The van der Waals surface area contributed by atoms with Crippen molar-refractivity contribution < 1.29 is 9.90 Å². The van der Waals surface area contributed by atoms with E-state index in [9.17, 15) is 9.90 Å². The number of rotatable bonds is 14. The second-order valence-corrected chi connectivity index (χ2v) is 10.9. The van der Waals surface area contributed by atoms with E-state index in [4.69, 9.17) is 0 Å². The van der Waals surface area contributed by atoms with Gasteiger partial charge >= 0.3 is 0 Å². The molecule has 0 heterocycles. The summed E-state index contributed by atoms with van der Waals surface area (Å²) in [5, 5.41) is 9.49. The van der Waals surface area contributed by atoms with Gasteiger partial charge in [0.2, 0.25) is 0 Å². The van der Waals surface area contributed by atoms with Gasteiger partial charge in [0, 0.05) is 5.97 Å². The lowest BCUT2D eigenvalue weighted by Crippen LogP contribution is -2.20. The first kappa shape index (κ1) is 28.7. The quantitative estimate of drug-likeness (QED) is 0.170. The molecule has 0 aliphatic rings. The Balaban J connectivity index is 0.000000641. The summed E-state index contributed by atoms with van der Waals surface area (Å²) >= 11 is 0. The van der Waals surface area contributed by atoms with Gasteiger partial charge in [0.25, 0.3) is 0 Å². The smallest absolute Gasteiger partial charge is 0.166 e. The van der Waals surface area contributed by atoms with Crippen molar-refractivity contribution >= 4 is 16.9 Å². The summed E-state index contributed by atoms with van der Waals surface area (Å²) in [7, 11) is -0.0360. The molecule has 3 rings (SSSR count). The molecule has 0 amide bonds. The van der Waals surface area contributed by atoms with Gasteiger partial charge in [-0.1, -0.05) is 114 Å². The van der Waals surface area contributed by atoms with Crippen LogP contribution >= 0.6 is 0 Å². The molecule has 0 aromatic heterocycles. The Labute approximate surface area is 216 Å². The molecule has 2 nitrogen and oxygen atoms in total. The van der Waals surface area contributed by atoms with Crippen LogP contribution in [0.25, 0.3) is 0 Å². The molecule has 3 aromatic rings. The molecule has 188 valence electrons. The first-order valence-electron chi connectivity index (χ1n) is 13.3. The van der Waals surface area contributed by atoms with Gasteiger partial charge in [-0.3, -0.25) is 0 Å². The van der Waals surface area contributed by atoms with Gasteiger partial charge in [-0.15, -0.1) is 0 Å². The number of benzene rings is 3. The molecule has 0 N–H and O–H groups in total. The lowest BCUT2D eigenvalue weighted by Gasteiger charge is -2.09. The van der Waals surface area contributed by atoms with Crippen LogP contribution in [0.3, 0.4) is 0 Å². The number of unbranched alkanes of at least 4 members (excludes halogenated alkanes) is 7. The highest BCUT2D eigenvalue weighted by atomic mass is 32.2. The zero-order chi connectivity index (χ0) is 25.1. The fourth-order valence-electron chi connectivity index (χ4n) is 3.98. The van der Waals surface area contributed by atoms with Crippen molar-refractivity contribution in [3.63, 3.8) is 0 Å². The molecular weight excluding hydrogens is 448 g/mol. The Morgan fingerprint density at radius 3 is 1.49 bits per heavy atom. The maximum atomic E-state index is 9.49. The van der Waals surface area contributed by atoms with Gasteiger partial charge < -0.3 is 9.90 Å². The first-order chi connectivity index (χ1) is 17.2. The van der Waals surface area contributed by atoms with Crippen LogP contribution in [0.5, 0.6) is 0 Å². The average molecular weight is 491 g/mol. The standard InChI is InChI=1S/C28H35S.C4H8O2/c1-2-3-4-5-6-7-8-11-16-25-21-23-28(24-22-25)29(26-17-12-9-13-18-26)27-19-14-10-15-20-27;1-2-3-4(5)6/h9-10,12-15,17-24H,2-8,11,16H2,1H3;2-3H2,1H3,(H,5,6)/q+1;/p-1. The van der Waals surface area contributed by atoms with Crippen LogP contribution in [0.4, 0.5) is 0 Å². The fraction of sp³-hybridized carbons (Fsp3) is 0.406. The van der Waals surface area contributed by atoms with Gasteiger partial charge in [-0.2, -0.15) is 0 Å². The van der Waals surface area contributed by atoms with Crippen molar-refractivity contribution in [3.8, 4) is 0 Å². The Kier molecular flexibility index (Phi) is 14.6. The van der Waals surface area contributed by atoms with Gasteiger partial charge in [0.15, 0.2) is 14.7 Å². The molecule has 3 heteroatoms. The number of hydrogen-bond acceptors (Lipinski definition) is 2. The van der Waals surface area contributed by atoms with Crippen LogP contribution in [0.2, 0.25) is 0 Å². The van der Waals surface area contributed by atoms with Crippen molar-refractivity contribution in [3.05, 3.63) is 90.5 Å². The van der Waals surface area contributed by atoms with Crippen molar-refractivity contribution in [1.82, 2.24) is 0 Å². The second-order valence-electron chi connectivity index (χ2n) is 8.92. The summed E-state index contributed by atoms with van der Waals surface area (Å²) in [4.78, 5) is 13.7. The Morgan fingerprint density at radius 2 is 1.06 bits per heavy atom. The fourth-order valence-corrected chi connectivity index (χ4v) is 6.06. The molecule has 0 spiro atoms. The third-order valence-electron chi connectivity index (χ3n) is 5.89. The Bertz CT molecular complexity index is 883. The zero-order valence-electron chi connectivity index (χ0n) is 21.6. The number of aliphatic carboxylic acids is 1. The van der Waals surface area contributed by atoms with Crippen LogP contribution in [-0.4, -0.2) is 5.97 Å². The number of carbonyl (C=O) groups excluding carboxylic acids is 1. The summed E-state index contributed by atoms with van der Waals surface area (Å²) in [6.45, 7) is 4.09. The molecule has 0 atom stereocenters. The number of carboxylic acid groups (broad SMARTS) is 1. The monoisotopic (exact) mass is 490 g/mol. The van der Waals surface area contributed by atoms with Gasteiger partial charge in [-0.05, 0) is 61.2 Å². The summed E-state index contributed by atoms with van der Waals surface area (Å²) in [5.74, 6) is -0.961.